The van der Waals surface area contributed by atoms with E-state index in [1.54, 1.807) is 0 Å². The first kappa shape index (κ1) is 13.8. The zero-order chi connectivity index (χ0) is 13.0. The van der Waals surface area contributed by atoms with Gasteiger partial charge in [-0.1, -0.05) is 12.8 Å². The van der Waals surface area contributed by atoms with E-state index in [1.807, 2.05) is 4.90 Å². The SMILES string of the molecule is NCC1(C(=O)N2CCCCC2CCO)CCCC1. The van der Waals surface area contributed by atoms with Crippen LogP contribution in [-0.2, 0) is 4.79 Å². The molecular formula is C14H26N2O2. The van der Waals surface area contributed by atoms with Gasteiger partial charge in [-0.3, -0.25) is 4.79 Å². The number of aliphatic hydroxyl groups is 1. The fourth-order valence-electron chi connectivity index (χ4n) is 3.58. The van der Waals surface area contributed by atoms with E-state index < -0.39 is 0 Å². The van der Waals surface area contributed by atoms with E-state index in [0.717, 1.165) is 45.1 Å². The van der Waals surface area contributed by atoms with E-state index in [1.165, 1.54) is 6.42 Å². The van der Waals surface area contributed by atoms with E-state index in [4.69, 9.17) is 10.8 Å². The Labute approximate surface area is 110 Å². The van der Waals surface area contributed by atoms with Gasteiger partial charge in [0.2, 0.25) is 5.91 Å². The molecule has 4 heteroatoms. The maximum absolute atomic E-state index is 12.8. The molecular weight excluding hydrogens is 228 g/mol. The molecule has 1 unspecified atom stereocenters. The van der Waals surface area contributed by atoms with Crippen LogP contribution in [0.25, 0.3) is 0 Å². The molecule has 0 spiro atoms. The molecule has 4 nitrogen and oxygen atoms in total. The lowest BCUT2D eigenvalue weighted by molar-refractivity contribution is -0.145. The van der Waals surface area contributed by atoms with Crippen LogP contribution in [0, 0.1) is 5.41 Å². The van der Waals surface area contributed by atoms with Gasteiger partial charge in [-0.15, -0.1) is 0 Å². The summed E-state index contributed by atoms with van der Waals surface area (Å²) in [5.74, 6) is 0.264. The molecule has 1 aliphatic carbocycles. The number of carbonyl (C=O) groups excluding carboxylic acids is 1. The maximum Gasteiger partial charge on any atom is 0.230 e. The van der Waals surface area contributed by atoms with Crippen LogP contribution in [0.4, 0.5) is 0 Å². The Morgan fingerprint density at radius 3 is 2.61 bits per heavy atom. The number of carbonyl (C=O) groups is 1. The summed E-state index contributed by atoms with van der Waals surface area (Å²) in [5.41, 5.74) is 5.61. The average molecular weight is 254 g/mol. The normalized spacial score (nSPS) is 27.4. The Kier molecular flexibility index (Phi) is 4.62. The van der Waals surface area contributed by atoms with Gasteiger partial charge in [-0.2, -0.15) is 0 Å². The molecule has 104 valence electrons. The van der Waals surface area contributed by atoms with Gasteiger partial charge in [0, 0.05) is 25.7 Å². The van der Waals surface area contributed by atoms with Crippen molar-refractivity contribution in [3.8, 4) is 0 Å². The van der Waals surface area contributed by atoms with Gasteiger partial charge < -0.3 is 15.7 Å². The maximum atomic E-state index is 12.8. The minimum atomic E-state index is -0.287. The molecule has 2 aliphatic rings. The summed E-state index contributed by atoms with van der Waals surface area (Å²) in [5, 5.41) is 9.14. The molecule has 0 aromatic rings. The zero-order valence-corrected chi connectivity index (χ0v) is 11.2. The molecule has 2 fully saturated rings. The topological polar surface area (TPSA) is 66.6 Å². The second kappa shape index (κ2) is 6.02. The molecule has 2 rings (SSSR count). The molecule has 1 saturated carbocycles. The second-order valence-electron chi connectivity index (χ2n) is 5.85. The van der Waals surface area contributed by atoms with E-state index in [0.29, 0.717) is 13.0 Å². The smallest absolute Gasteiger partial charge is 0.230 e. The molecule has 1 amide bonds. The molecule has 0 aromatic carbocycles. The van der Waals surface area contributed by atoms with Crippen LogP contribution in [0.1, 0.15) is 51.4 Å². The third kappa shape index (κ3) is 2.54. The highest BCUT2D eigenvalue weighted by atomic mass is 16.3. The van der Waals surface area contributed by atoms with Crippen LogP contribution in [0.15, 0.2) is 0 Å². The Morgan fingerprint density at radius 2 is 2.00 bits per heavy atom. The van der Waals surface area contributed by atoms with Crippen molar-refractivity contribution in [2.24, 2.45) is 11.1 Å². The molecule has 1 heterocycles. The first-order valence-corrected chi connectivity index (χ1v) is 7.35. The minimum Gasteiger partial charge on any atom is -0.396 e. The molecule has 3 N–H and O–H groups in total. The molecule has 1 aliphatic heterocycles. The van der Waals surface area contributed by atoms with Gasteiger partial charge in [-0.25, -0.2) is 0 Å². The Bertz CT molecular complexity index is 286. The van der Waals surface area contributed by atoms with Crippen molar-refractivity contribution in [3.63, 3.8) is 0 Å². The number of likely N-dealkylation sites (tertiary alicyclic amines) is 1. The molecule has 1 saturated heterocycles. The number of hydrogen-bond donors (Lipinski definition) is 2. The van der Waals surface area contributed by atoms with Crippen LogP contribution in [-0.4, -0.2) is 41.7 Å². The molecule has 0 aromatic heterocycles. The molecule has 18 heavy (non-hydrogen) atoms. The predicted molar refractivity (Wildman–Crippen MR) is 71.0 cm³/mol. The van der Waals surface area contributed by atoms with Crippen LogP contribution < -0.4 is 5.73 Å². The number of nitrogens with two attached hydrogens (primary N) is 1. The summed E-state index contributed by atoms with van der Waals surface area (Å²) in [6, 6.07) is 0.236. The van der Waals surface area contributed by atoms with Gasteiger partial charge >= 0.3 is 0 Å². The lowest BCUT2D eigenvalue weighted by Gasteiger charge is -2.41. The minimum absolute atomic E-state index is 0.171. The van der Waals surface area contributed by atoms with Gasteiger partial charge in [-0.05, 0) is 38.5 Å². The third-order valence-corrected chi connectivity index (χ3v) is 4.76. The number of aliphatic hydroxyl groups excluding tert-OH is 1. The quantitative estimate of drug-likeness (QED) is 0.794. The summed E-state index contributed by atoms with van der Waals surface area (Å²) >= 11 is 0. The summed E-state index contributed by atoms with van der Waals surface area (Å²) < 4.78 is 0. The first-order valence-electron chi connectivity index (χ1n) is 7.35. The summed E-state index contributed by atoms with van der Waals surface area (Å²) in [7, 11) is 0. The average Bonchev–Trinajstić information content (AvgIpc) is 2.89. The van der Waals surface area contributed by atoms with Crippen LogP contribution in [0.2, 0.25) is 0 Å². The van der Waals surface area contributed by atoms with E-state index in [2.05, 4.69) is 0 Å². The van der Waals surface area contributed by atoms with Gasteiger partial charge in [0.15, 0.2) is 0 Å². The van der Waals surface area contributed by atoms with Crippen molar-refractivity contribution in [2.75, 3.05) is 19.7 Å². The highest BCUT2D eigenvalue weighted by Gasteiger charge is 2.44. The van der Waals surface area contributed by atoms with Crippen molar-refractivity contribution in [2.45, 2.75) is 57.4 Å². The van der Waals surface area contributed by atoms with E-state index in [9.17, 15) is 4.79 Å². The Balaban J connectivity index is 2.09. The van der Waals surface area contributed by atoms with Crippen molar-refractivity contribution in [1.82, 2.24) is 4.90 Å². The summed E-state index contributed by atoms with van der Waals surface area (Å²) in [6.07, 6.45) is 8.16. The second-order valence-corrected chi connectivity index (χ2v) is 5.85. The number of hydrogen-bond acceptors (Lipinski definition) is 3. The molecule has 0 radical (unpaired) electrons. The number of piperidine rings is 1. The first-order chi connectivity index (χ1) is 8.73. The lowest BCUT2D eigenvalue weighted by Crippen LogP contribution is -2.52. The standard InChI is InChI=1S/C14H26N2O2/c15-11-14(7-2-3-8-14)13(18)16-9-4-1-5-12(16)6-10-17/h12,17H,1-11,15H2. The Hall–Kier alpha value is -0.610. The summed E-state index contributed by atoms with van der Waals surface area (Å²) in [4.78, 5) is 14.8. The fraction of sp³-hybridized carbons (Fsp3) is 0.929. The van der Waals surface area contributed by atoms with Gasteiger partial charge in [0.05, 0.1) is 5.41 Å². The highest BCUT2D eigenvalue weighted by Crippen LogP contribution is 2.40. The number of nitrogens with zero attached hydrogens (tertiary/aromatic N) is 1. The highest BCUT2D eigenvalue weighted by molar-refractivity contribution is 5.83. The van der Waals surface area contributed by atoms with Gasteiger partial charge in [0.1, 0.15) is 0 Å². The van der Waals surface area contributed by atoms with Crippen molar-refractivity contribution < 1.29 is 9.90 Å². The van der Waals surface area contributed by atoms with E-state index >= 15 is 0 Å². The van der Waals surface area contributed by atoms with Gasteiger partial charge in [0.25, 0.3) is 0 Å². The molecule has 0 bridgehead atoms. The van der Waals surface area contributed by atoms with Crippen LogP contribution >= 0.6 is 0 Å². The van der Waals surface area contributed by atoms with Crippen molar-refractivity contribution >= 4 is 5.91 Å². The summed E-state index contributed by atoms with van der Waals surface area (Å²) in [6.45, 7) is 1.50. The van der Waals surface area contributed by atoms with Crippen LogP contribution in [0.5, 0.6) is 0 Å². The predicted octanol–water partition coefficient (Wildman–Crippen LogP) is 1.27. The third-order valence-electron chi connectivity index (χ3n) is 4.76. The lowest BCUT2D eigenvalue weighted by atomic mass is 9.83. The van der Waals surface area contributed by atoms with Crippen molar-refractivity contribution in [3.05, 3.63) is 0 Å². The number of rotatable bonds is 4. The van der Waals surface area contributed by atoms with Crippen molar-refractivity contribution in [1.29, 1.82) is 0 Å². The van der Waals surface area contributed by atoms with Crippen LogP contribution in [0.3, 0.4) is 0 Å². The Morgan fingerprint density at radius 1 is 1.28 bits per heavy atom. The monoisotopic (exact) mass is 254 g/mol. The fourth-order valence-corrected chi connectivity index (χ4v) is 3.58. The van der Waals surface area contributed by atoms with E-state index in [-0.39, 0.29) is 24.0 Å². The largest absolute Gasteiger partial charge is 0.396 e. The molecule has 1 atom stereocenters. The number of amides is 1. The zero-order valence-electron chi connectivity index (χ0n) is 11.2.